The minimum absolute atomic E-state index is 0.177. The van der Waals surface area contributed by atoms with Crippen LogP contribution in [0.3, 0.4) is 0 Å². The molecular formula is C16H16F2N2O2. The summed E-state index contributed by atoms with van der Waals surface area (Å²) in [6, 6.07) is 10.2. The van der Waals surface area contributed by atoms with Crippen LogP contribution < -0.4 is 15.4 Å². The molecule has 0 saturated carbocycles. The molecule has 0 unspecified atom stereocenters. The number of benzene rings is 2. The van der Waals surface area contributed by atoms with Gasteiger partial charge in [-0.2, -0.15) is 0 Å². The normalized spacial score (nSPS) is 10.1. The van der Waals surface area contributed by atoms with Gasteiger partial charge in [0.05, 0.1) is 6.54 Å². The van der Waals surface area contributed by atoms with E-state index < -0.39 is 17.7 Å². The van der Waals surface area contributed by atoms with Crippen LogP contribution in [0.25, 0.3) is 0 Å². The summed E-state index contributed by atoms with van der Waals surface area (Å²) in [5, 5.41) is 4.96. The molecule has 0 aliphatic carbocycles. The van der Waals surface area contributed by atoms with Crippen molar-refractivity contribution < 1.29 is 18.3 Å². The third-order valence-corrected chi connectivity index (χ3v) is 2.82. The largest absolute Gasteiger partial charge is 0.492 e. The number of nitrogens with one attached hydrogen (secondary N) is 2. The van der Waals surface area contributed by atoms with E-state index in [4.69, 9.17) is 4.74 Å². The predicted molar refractivity (Wildman–Crippen MR) is 80.1 cm³/mol. The number of halogens is 2. The van der Waals surface area contributed by atoms with Crippen LogP contribution in [-0.2, 0) is 0 Å². The number of hydrogen-bond acceptors (Lipinski definition) is 2. The molecule has 0 radical (unpaired) electrons. The van der Waals surface area contributed by atoms with Crippen molar-refractivity contribution in [1.82, 2.24) is 5.32 Å². The molecule has 2 N–H and O–H groups in total. The fourth-order valence-corrected chi connectivity index (χ4v) is 1.79. The number of aryl methyl sites for hydroxylation is 1. The smallest absolute Gasteiger partial charge is 0.319 e. The molecule has 0 aromatic heterocycles. The average molecular weight is 306 g/mol. The van der Waals surface area contributed by atoms with Gasteiger partial charge >= 0.3 is 6.03 Å². The van der Waals surface area contributed by atoms with Gasteiger partial charge in [-0.25, -0.2) is 13.6 Å². The van der Waals surface area contributed by atoms with Crippen molar-refractivity contribution in [2.75, 3.05) is 18.5 Å². The minimum Gasteiger partial charge on any atom is -0.492 e. The van der Waals surface area contributed by atoms with Gasteiger partial charge in [-0.05, 0) is 36.8 Å². The third-order valence-electron chi connectivity index (χ3n) is 2.82. The molecule has 4 nitrogen and oxygen atoms in total. The van der Waals surface area contributed by atoms with Gasteiger partial charge in [0.15, 0.2) is 11.6 Å². The number of rotatable bonds is 5. The van der Waals surface area contributed by atoms with Gasteiger partial charge in [-0.3, -0.25) is 0 Å². The van der Waals surface area contributed by atoms with E-state index in [0.29, 0.717) is 6.61 Å². The number of carbonyl (C=O) groups excluding carboxylic acids is 1. The van der Waals surface area contributed by atoms with Crippen molar-refractivity contribution in [3.05, 3.63) is 59.7 Å². The molecule has 116 valence electrons. The second-order valence-corrected chi connectivity index (χ2v) is 4.67. The number of anilines is 1. The Labute approximate surface area is 127 Å². The molecule has 22 heavy (non-hydrogen) atoms. The second kappa shape index (κ2) is 7.40. The van der Waals surface area contributed by atoms with Gasteiger partial charge in [0.1, 0.15) is 12.4 Å². The van der Waals surface area contributed by atoms with Crippen LogP contribution in [0.4, 0.5) is 19.3 Å². The molecule has 0 aliphatic rings. The summed E-state index contributed by atoms with van der Waals surface area (Å²) in [7, 11) is 0. The van der Waals surface area contributed by atoms with E-state index in [1.807, 2.05) is 31.2 Å². The van der Waals surface area contributed by atoms with Crippen LogP contribution in [0.2, 0.25) is 0 Å². The fraction of sp³-hybridized carbons (Fsp3) is 0.188. The van der Waals surface area contributed by atoms with E-state index >= 15 is 0 Å². The van der Waals surface area contributed by atoms with Crippen LogP contribution in [0.15, 0.2) is 42.5 Å². The van der Waals surface area contributed by atoms with Gasteiger partial charge in [0, 0.05) is 11.8 Å². The highest BCUT2D eigenvalue weighted by Gasteiger charge is 2.05. The molecule has 2 aromatic carbocycles. The van der Waals surface area contributed by atoms with Gasteiger partial charge in [-0.15, -0.1) is 0 Å². The number of urea groups is 1. The first-order valence-electron chi connectivity index (χ1n) is 6.74. The molecule has 0 atom stereocenters. The first kappa shape index (κ1) is 15.8. The van der Waals surface area contributed by atoms with E-state index in [-0.39, 0.29) is 12.2 Å². The highest BCUT2D eigenvalue weighted by Crippen LogP contribution is 2.13. The third kappa shape index (κ3) is 4.73. The molecule has 2 amide bonds. The highest BCUT2D eigenvalue weighted by atomic mass is 19.2. The van der Waals surface area contributed by atoms with Crippen LogP contribution in [-0.4, -0.2) is 19.2 Å². The zero-order valence-corrected chi connectivity index (χ0v) is 12.0. The van der Waals surface area contributed by atoms with Gasteiger partial charge in [-0.1, -0.05) is 12.1 Å². The van der Waals surface area contributed by atoms with Crippen LogP contribution in [0, 0.1) is 18.6 Å². The first-order chi connectivity index (χ1) is 10.5. The molecule has 6 heteroatoms. The van der Waals surface area contributed by atoms with E-state index in [0.717, 1.165) is 23.4 Å². The highest BCUT2D eigenvalue weighted by molar-refractivity contribution is 5.89. The Kier molecular flexibility index (Phi) is 5.30. The molecule has 2 aromatic rings. The molecule has 0 fully saturated rings. The first-order valence-corrected chi connectivity index (χ1v) is 6.74. The lowest BCUT2D eigenvalue weighted by Crippen LogP contribution is -2.32. The Balaban J connectivity index is 1.72. The monoisotopic (exact) mass is 306 g/mol. The van der Waals surface area contributed by atoms with E-state index in [1.165, 1.54) is 6.07 Å². The predicted octanol–water partition coefficient (Wildman–Crippen LogP) is 3.47. The van der Waals surface area contributed by atoms with Gasteiger partial charge < -0.3 is 15.4 Å². The summed E-state index contributed by atoms with van der Waals surface area (Å²) >= 11 is 0. The van der Waals surface area contributed by atoms with E-state index in [9.17, 15) is 13.6 Å². The number of amides is 2. The number of ether oxygens (including phenoxy) is 1. The molecule has 2 rings (SSSR count). The molecule has 0 bridgehead atoms. The second-order valence-electron chi connectivity index (χ2n) is 4.67. The minimum atomic E-state index is -1.01. The molecule has 0 aliphatic heterocycles. The van der Waals surface area contributed by atoms with Crippen molar-refractivity contribution in [3.63, 3.8) is 0 Å². The van der Waals surface area contributed by atoms with Crippen LogP contribution in [0.5, 0.6) is 5.75 Å². The summed E-state index contributed by atoms with van der Waals surface area (Å²) in [4.78, 5) is 11.6. The van der Waals surface area contributed by atoms with Crippen molar-refractivity contribution in [3.8, 4) is 5.75 Å². The SMILES string of the molecule is Cc1cccc(OCCNC(=O)Nc2ccc(F)c(F)c2)c1. The molecule has 0 heterocycles. The fourth-order valence-electron chi connectivity index (χ4n) is 1.79. The van der Waals surface area contributed by atoms with Crippen molar-refractivity contribution >= 4 is 11.7 Å². The molecular weight excluding hydrogens is 290 g/mol. The molecule has 0 saturated heterocycles. The van der Waals surface area contributed by atoms with Crippen molar-refractivity contribution in [1.29, 1.82) is 0 Å². The number of carbonyl (C=O) groups is 1. The Hall–Kier alpha value is -2.63. The summed E-state index contributed by atoms with van der Waals surface area (Å²) in [5.74, 6) is -1.25. The van der Waals surface area contributed by atoms with Crippen LogP contribution >= 0.6 is 0 Å². The summed E-state index contributed by atoms with van der Waals surface area (Å²) in [6.45, 7) is 2.54. The zero-order chi connectivity index (χ0) is 15.9. The summed E-state index contributed by atoms with van der Waals surface area (Å²) in [6.07, 6.45) is 0. The Morgan fingerprint density at radius 3 is 2.68 bits per heavy atom. The topological polar surface area (TPSA) is 50.4 Å². The Bertz CT molecular complexity index is 662. The van der Waals surface area contributed by atoms with E-state index in [2.05, 4.69) is 10.6 Å². The lowest BCUT2D eigenvalue weighted by Gasteiger charge is -2.09. The number of hydrogen-bond donors (Lipinski definition) is 2. The molecule has 0 spiro atoms. The quantitative estimate of drug-likeness (QED) is 0.831. The maximum atomic E-state index is 13.0. The Morgan fingerprint density at radius 2 is 1.95 bits per heavy atom. The zero-order valence-electron chi connectivity index (χ0n) is 12.0. The lowest BCUT2D eigenvalue weighted by atomic mass is 10.2. The maximum Gasteiger partial charge on any atom is 0.319 e. The summed E-state index contributed by atoms with van der Waals surface area (Å²) in [5.41, 5.74) is 1.26. The maximum absolute atomic E-state index is 13.0. The van der Waals surface area contributed by atoms with Crippen molar-refractivity contribution in [2.24, 2.45) is 0 Å². The van der Waals surface area contributed by atoms with E-state index in [1.54, 1.807) is 0 Å². The van der Waals surface area contributed by atoms with Gasteiger partial charge in [0.25, 0.3) is 0 Å². The van der Waals surface area contributed by atoms with Crippen LogP contribution in [0.1, 0.15) is 5.56 Å². The summed E-state index contributed by atoms with van der Waals surface area (Å²) < 4.78 is 31.2. The lowest BCUT2D eigenvalue weighted by molar-refractivity contribution is 0.247. The Morgan fingerprint density at radius 1 is 1.14 bits per heavy atom. The van der Waals surface area contributed by atoms with Crippen molar-refractivity contribution in [2.45, 2.75) is 6.92 Å². The van der Waals surface area contributed by atoms with Gasteiger partial charge in [0.2, 0.25) is 0 Å². The average Bonchev–Trinajstić information content (AvgIpc) is 2.48. The standard InChI is InChI=1S/C16H16F2N2O2/c1-11-3-2-4-13(9-11)22-8-7-19-16(21)20-12-5-6-14(17)15(18)10-12/h2-6,9-10H,7-8H2,1H3,(H2,19,20,21).